The van der Waals surface area contributed by atoms with E-state index in [1.165, 1.54) is 18.5 Å². The second kappa shape index (κ2) is 6.56. The first-order valence-corrected chi connectivity index (χ1v) is 5.88. The number of carbonyl (C=O) groups is 2. The zero-order valence-electron chi connectivity index (χ0n) is 10.7. The van der Waals surface area contributed by atoms with Gasteiger partial charge >= 0.3 is 5.97 Å². The van der Waals surface area contributed by atoms with Gasteiger partial charge in [0.05, 0.1) is 11.3 Å². The lowest BCUT2D eigenvalue weighted by molar-refractivity contribution is -0.119. The second-order valence-corrected chi connectivity index (χ2v) is 3.99. The van der Waals surface area contributed by atoms with Gasteiger partial charge in [0.1, 0.15) is 11.6 Å². The fourth-order valence-corrected chi connectivity index (χ4v) is 1.48. The fraction of sp³-hybridized carbons (Fsp3) is 0.0714. The number of rotatable bonds is 4. The van der Waals surface area contributed by atoms with Gasteiger partial charge in [-0.1, -0.05) is 0 Å². The van der Waals surface area contributed by atoms with Crippen molar-refractivity contribution in [2.45, 2.75) is 0 Å². The number of nitrogens with one attached hydrogen (secondary N) is 1. The maximum atomic E-state index is 13.3. The van der Waals surface area contributed by atoms with Crippen LogP contribution in [0.3, 0.4) is 0 Å². The van der Waals surface area contributed by atoms with Gasteiger partial charge in [0.15, 0.2) is 6.61 Å². The summed E-state index contributed by atoms with van der Waals surface area (Å²) in [6, 6.07) is 5.65. The van der Waals surface area contributed by atoms with Gasteiger partial charge in [-0.3, -0.25) is 9.78 Å². The molecule has 0 spiro atoms. The molecule has 1 amide bonds. The predicted octanol–water partition coefficient (Wildman–Crippen LogP) is 2.16. The normalized spacial score (nSPS) is 10.0. The van der Waals surface area contributed by atoms with Crippen LogP contribution in [0.1, 0.15) is 10.4 Å². The highest BCUT2D eigenvalue weighted by Crippen LogP contribution is 2.15. The van der Waals surface area contributed by atoms with Crippen molar-refractivity contribution in [2.24, 2.45) is 0 Å². The van der Waals surface area contributed by atoms with Crippen LogP contribution in [0.25, 0.3) is 0 Å². The van der Waals surface area contributed by atoms with Crippen LogP contribution >= 0.6 is 0 Å². The molecule has 1 aromatic carbocycles. The molecule has 0 aliphatic carbocycles. The number of pyridine rings is 1. The Bertz CT molecular complexity index is 663. The van der Waals surface area contributed by atoms with Gasteiger partial charge < -0.3 is 10.1 Å². The van der Waals surface area contributed by atoms with Crippen LogP contribution in [0.2, 0.25) is 0 Å². The molecule has 0 radical (unpaired) electrons. The minimum Gasteiger partial charge on any atom is -0.452 e. The summed E-state index contributed by atoms with van der Waals surface area (Å²) in [5.74, 6) is -3.00. The summed E-state index contributed by atoms with van der Waals surface area (Å²) >= 11 is 0. The van der Waals surface area contributed by atoms with Crippen molar-refractivity contribution >= 4 is 17.6 Å². The highest BCUT2D eigenvalue weighted by atomic mass is 19.1. The lowest BCUT2D eigenvalue weighted by Gasteiger charge is -2.07. The monoisotopic (exact) mass is 292 g/mol. The number of hydrogen-bond donors (Lipinski definition) is 1. The standard InChI is InChI=1S/C14H10F2N2O3/c15-10-3-4-11(16)12(6-10)18-13(19)8-21-14(20)9-2-1-5-17-7-9/h1-7H,8H2,(H,18,19). The SMILES string of the molecule is O=C(COC(=O)c1cccnc1)Nc1cc(F)ccc1F. The van der Waals surface area contributed by atoms with Crippen LogP contribution in [0.15, 0.2) is 42.7 Å². The molecular weight excluding hydrogens is 282 g/mol. The molecule has 1 heterocycles. The van der Waals surface area contributed by atoms with Gasteiger partial charge in [-0.05, 0) is 24.3 Å². The average molecular weight is 292 g/mol. The van der Waals surface area contributed by atoms with Gasteiger partial charge in [-0.2, -0.15) is 0 Å². The maximum Gasteiger partial charge on any atom is 0.340 e. The molecule has 0 aliphatic heterocycles. The number of esters is 1. The molecule has 0 aliphatic rings. The molecule has 0 fully saturated rings. The summed E-state index contributed by atoms with van der Waals surface area (Å²) in [6.07, 6.45) is 2.77. The second-order valence-electron chi connectivity index (χ2n) is 3.99. The third kappa shape index (κ3) is 4.07. The third-order valence-electron chi connectivity index (χ3n) is 2.43. The predicted molar refractivity (Wildman–Crippen MR) is 69.5 cm³/mol. The van der Waals surface area contributed by atoms with Crippen LogP contribution in [0.4, 0.5) is 14.5 Å². The fourth-order valence-electron chi connectivity index (χ4n) is 1.48. The van der Waals surface area contributed by atoms with Crippen LogP contribution < -0.4 is 5.32 Å². The molecule has 0 saturated heterocycles. The summed E-state index contributed by atoms with van der Waals surface area (Å²) in [5, 5.41) is 2.11. The molecule has 1 aromatic heterocycles. The Labute approximate surface area is 118 Å². The molecular formula is C14H10F2N2O3. The smallest absolute Gasteiger partial charge is 0.340 e. The number of hydrogen-bond acceptors (Lipinski definition) is 4. The molecule has 7 heteroatoms. The Morgan fingerprint density at radius 2 is 2.05 bits per heavy atom. The van der Waals surface area contributed by atoms with Gasteiger partial charge in [0.2, 0.25) is 0 Å². The van der Waals surface area contributed by atoms with Crippen molar-refractivity contribution < 1.29 is 23.1 Å². The van der Waals surface area contributed by atoms with E-state index < -0.39 is 30.1 Å². The molecule has 1 N–H and O–H groups in total. The van der Waals surface area contributed by atoms with E-state index in [4.69, 9.17) is 4.74 Å². The molecule has 5 nitrogen and oxygen atoms in total. The lowest BCUT2D eigenvalue weighted by Crippen LogP contribution is -2.21. The number of ether oxygens (including phenoxy) is 1. The Balaban J connectivity index is 1.91. The van der Waals surface area contributed by atoms with Gasteiger partial charge in [-0.15, -0.1) is 0 Å². The third-order valence-corrected chi connectivity index (χ3v) is 2.43. The Hall–Kier alpha value is -2.83. The van der Waals surface area contributed by atoms with E-state index in [1.807, 2.05) is 0 Å². The number of carbonyl (C=O) groups excluding carboxylic acids is 2. The van der Waals surface area contributed by atoms with E-state index >= 15 is 0 Å². The number of anilines is 1. The topological polar surface area (TPSA) is 68.3 Å². The van der Waals surface area contributed by atoms with E-state index in [0.717, 1.165) is 18.2 Å². The van der Waals surface area contributed by atoms with Crippen molar-refractivity contribution in [2.75, 3.05) is 11.9 Å². The summed E-state index contributed by atoms with van der Waals surface area (Å²) in [4.78, 5) is 26.8. The zero-order chi connectivity index (χ0) is 15.2. The van der Waals surface area contributed by atoms with Crippen LogP contribution in [0, 0.1) is 11.6 Å². The van der Waals surface area contributed by atoms with Crippen molar-refractivity contribution in [1.29, 1.82) is 0 Å². The summed E-state index contributed by atoms with van der Waals surface area (Å²) in [5.41, 5.74) is -0.139. The molecule has 0 atom stereocenters. The van der Waals surface area contributed by atoms with Crippen molar-refractivity contribution in [1.82, 2.24) is 4.98 Å². The summed E-state index contributed by atoms with van der Waals surface area (Å²) < 4.78 is 30.9. The van der Waals surface area contributed by atoms with E-state index in [0.29, 0.717) is 0 Å². The quantitative estimate of drug-likeness (QED) is 0.877. The summed E-state index contributed by atoms with van der Waals surface area (Å²) in [6.45, 7) is -0.621. The Kier molecular flexibility index (Phi) is 4.55. The number of benzene rings is 1. The number of halogens is 2. The molecule has 2 aromatic rings. The Morgan fingerprint density at radius 3 is 2.76 bits per heavy atom. The maximum absolute atomic E-state index is 13.3. The molecule has 21 heavy (non-hydrogen) atoms. The van der Waals surface area contributed by atoms with Crippen molar-refractivity contribution in [3.63, 3.8) is 0 Å². The Morgan fingerprint density at radius 1 is 1.24 bits per heavy atom. The first kappa shape index (κ1) is 14.6. The molecule has 0 bridgehead atoms. The van der Waals surface area contributed by atoms with Crippen LogP contribution in [0.5, 0.6) is 0 Å². The van der Waals surface area contributed by atoms with Gasteiger partial charge in [0.25, 0.3) is 5.91 Å². The first-order valence-electron chi connectivity index (χ1n) is 5.88. The molecule has 2 rings (SSSR count). The first-order chi connectivity index (χ1) is 10.1. The van der Waals surface area contributed by atoms with Gasteiger partial charge in [0, 0.05) is 18.5 Å². The minimum absolute atomic E-state index is 0.183. The van der Waals surface area contributed by atoms with E-state index in [-0.39, 0.29) is 11.3 Å². The number of nitrogens with zero attached hydrogens (tertiary/aromatic N) is 1. The zero-order valence-corrected chi connectivity index (χ0v) is 10.7. The van der Waals surface area contributed by atoms with Crippen molar-refractivity contribution in [3.05, 3.63) is 59.9 Å². The highest BCUT2D eigenvalue weighted by molar-refractivity contribution is 5.95. The van der Waals surface area contributed by atoms with Gasteiger partial charge in [-0.25, -0.2) is 13.6 Å². The number of amides is 1. The highest BCUT2D eigenvalue weighted by Gasteiger charge is 2.12. The van der Waals surface area contributed by atoms with Crippen molar-refractivity contribution in [3.8, 4) is 0 Å². The minimum atomic E-state index is -0.789. The number of aromatic nitrogens is 1. The molecule has 0 saturated carbocycles. The molecule has 108 valence electrons. The largest absolute Gasteiger partial charge is 0.452 e. The van der Waals surface area contributed by atoms with E-state index in [2.05, 4.69) is 10.3 Å². The van der Waals surface area contributed by atoms with E-state index in [1.54, 1.807) is 6.07 Å². The summed E-state index contributed by atoms with van der Waals surface area (Å²) in [7, 11) is 0. The van der Waals surface area contributed by atoms with Crippen LogP contribution in [-0.4, -0.2) is 23.5 Å². The molecule has 0 unspecified atom stereocenters. The average Bonchev–Trinajstić information content (AvgIpc) is 2.49. The van der Waals surface area contributed by atoms with E-state index in [9.17, 15) is 18.4 Å². The lowest BCUT2D eigenvalue weighted by atomic mass is 10.3. The van der Waals surface area contributed by atoms with Crippen LogP contribution in [-0.2, 0) is 9.53 Å².